The number of aliphatic carboxylic acids is 1. The number of unbranched alkanes of at least 4 members (excludes halogenated alkanes) is 3. The van der Waals surface area contributed by atoms with E-state index in [9.17, 15) is 9.59 Å². The summed E-state index contributed by atoms with van der Waals surface area (Å²) < 4.78 is 0. The summed E-state index contributed by atoms with van der Waals surface area (Å²) in [6.45, 7) is 4.62. The molecule has 0 aliphatic carbocycles. The molecule has 100 valence electrons. The fourth-order valence-electron chi connectivity index (χ4n) is 1.45. The van der Waals surface area contributed by atoms with Crippen LogP contribution in [-0.4, -0.2) is 42.1 Å². The van der Waals surface area contributed by atoms with Crippen molar-refractivity contribution in [3.63, 3.8) is 0 Å². The van der Waals surface area contributed by atoms with E-state index in [-0.39, 0.29) is 12.6 Å². The van der Waals surface area contributed by atoms with Crippen LogP contribution < -0.4 is 5.32 Å². The summed E-state index contributed by atoms with van der Waals surface area (Å²) in [5.74, 6) is -1.42. The highest BCUT2D eigenvalue weighted by Gasteiger charge is 2.16. The molecule has 0 spiro atoms. The van der Waals surface area contributed by atoms with E-state index in [2.05, 4.69) is 12.2 Å². The van der Waals surface area contributed by atoms with Gasteiger partial charge in [-0.15, -0.1) is 0 Å². The zero-order valence-electron chi connectivity index (χ0n) is 11.0. The largest absolute Gasteiger partial charge is 0.481 e. The second kappa shape index (κ2) is 8.84. The molecule has 17 heavy (non-hydrogen) atoms. The predicted octanol–water partition coefficient (Wildman–Crippen LogP) is 1.93. The van der Waals surface area contributed by atoms with Crippen LogP contribution in [0.1, 0.15) is 39.5 Å². The van der Waals surface area contributed by atoms with Crippen molar-refractivity contribution in [2.24, 2.45) is 5.92 Å². The molecular weight excluding hydrogens is 220 g/mol. The Bertz CT molecular complexity index is 244. The van der Waals surface area contributed by atoms with Crippen molar-refractivity contribution >= 4 is 12.0 Å². The SMILES string of the molecule is CCCCCCNC(=O)N(C)CC(C)C(=O)O. The summed E-state index contributed by atoms with van der Waals surface area (Å²) in [6.07, 6.45) is 4.44. The molecule has 0 aromatic rings. The Balaban J connectivity index is 3.71. The molecular formula is C12H24N2O3. The Labute approximate surface area is 103 Å². The van der Waals surface area contributed by atoms with E-state index in [0.29, 0.717) is 6.54 Å². The number of carbonyl (C=O) groups is 2. The van der Waals surface area contributed by atoms with Crippen LogP contribution in [0.5, 0.6) is 0 Å². The molecule has 0 heterocycles. The average molecular weight is 244 g/mol. The Morgan fingerprint density at radius 3 is 2.47 bits per heavy atom. The van der Waals surface area contributed by atoms with Crippen LogP contribution in [0.15, 0.2) is 0 Å². The van der Waals surface area contributed by atoms with Crippen molar-refractivity contribution in [2.45, 2.75) is 39.5 Å². The van der Waals surface area contributed by atoms with Gasteiger partial charge < -0.3 is 15.3 Å². The number of carboxylic acid groups (broad SMARTS) is 1. The smallest absolute Gasteiger partial charge is 0.317 e. The Morgan fingerprint density at radius 2 is 1.94 bits per heavy atom. The number of nitrogens with zero attached hydrogens (tertiary/aromatic N) is 1. The third kappa shape index (κ3) is 7.60. The summed E-state index contributed by atoms with van der Waals surface area (Å²) >= 11 is 0. The maximum Gasteiger partial charge on any atom is 0.317 e. The fourth-order valence-corrected chi connectivity index (χ4v) is 1.45. The van der Waals surface area contributed by atoms with Crippen LogP contribution in [0.4, 0.5) is 4.79 Å². The van der Waals surface area contributed by atoms with E-state index >= 15 is 0 Å². The number of urea groups is 1. The van der Waals surface area contributed by atoms with E-state index < -0.39 is 11.9 Å². The molecule has 0 saturated heterocycles. The minimum atomic E-state index is -0.882. The van der Waals surface area contributed by atoms with Crippen LogP contribution in [-0.2, 0) is 4.79 Å². The van der Waals surface area contributed by atoms with Crippen LogP contribution in [0, 0.1) is 5.92 Å². The lowest BCUT2D eigenvalue weighted by molar-refractivity contribution is -0.141. The van der Waals surface area contributed by atoms with E-state index in [1.54, 1.807) is 14.0 Å². The van der Waals surface area contributed by atoms with Gasteiger partial charge >= 0.3 is 12.0 Å². The quantitative estimate of drug-likeness (QED) is 0.641. The van der Waals surface area contributed by atoms with Crippen LogP contribution in [0.3, 0.4) is 0 Å². The molecule has 0 rings (SSSR count). The number of amides is 2. The van der Waals surface area contributed by atoms with Crippen molar-refractivity contribution in [3.8, 4) is 0 Å². The summed E-state index contributed by atoms with van der Waals surface area (Å²) in [4.78, 5) is 23.6. The third-order valence-electron chi connectivity index (χ3n) is 2.62. The summed E-state index contributed by atoms with van der Waals surface area (Å²) in [7, 11) is 1.61. The molecule has 2 amide bonds. The molecule has 5 heteroatoms. The fraction of sp³-hybridized carbons (Fsp3) is 0.833. The van der Waals surface area contributed by atoms with Crippen molar-refractivity contribution in [1.29, 1.82) is 0 Å². The maximum absolute atomic E-state index is 11.6. The van der Waals surface area contributed by atoms with Crippen molar-refractivity contribution in [2.75, 3.05) is 20.1 Å². The normalized spacial score (nSPS) is 11.9. The predicted molar refractivity (Wildman–Crippen MR) is 67.0 cm³/mol. The lowest BCUT2D eigenvalue weighted by Crippen LogP contribution is -2.41. The van der Waals surface area contributed by atoms with Gasteiger partial charge in [0.2, 0.25) is 0 Å². The molecule has 0 aliphatic heterocycles. The van der Waals surface area contributed by atoms with E-state index in [0.717, 1.165) is 12.8 Å². The number of rotatable bonds is 8. The molecule has 2 N–H and O–H groups in total. The summed E-state index contributed by atoms with van der Waals surface area (Å²) in [5.41, 5.74) is 0. The van der Waals surface area contributed by atoms with Crippen LogP contribution in [0.25, 0.3) is 0 Å². The first-order valence-electron chi connectivity index (χ1n) is 6.20. The average Bonchev–Trinajstić information content (AvgIpc) is 2.28. The van der Waals surface area contributed by atoms with Gasteiger partial charge in [-0.2, -0.15) is 0 Å². The van der Waals surface area contributed by atoms with Gasteiger partial charge in [0, 0.05) is 20.1 Å². The van der Waals surface area contributed by atoms with E-state index in [1.807, 2.05) is 0 Å². The second-order valence-electron chi connectivity index (χ2n) is 4.41. The zero-order chi connectivity index (χ0) is 13.3. The molecule has 0 bridgehead atoms. The number of carbonyl (C=O) groups excluding carboxylic acids is 1. The highest BCUT2D eigenvalue weighted by Crippen LogP contribution is 2.00. The number of carboxylic acids is 1. The zero-order valence-corrected chi connectivity index (χ0v) is 11.0. The van der Waals surface area contributed by atoms with E-state index in [1.165, 1.54) is 17.7 Å². The topological polar surface area (TPSA) is 69.6 Å². The lowest BCUT2D eigenvalue weighted by Gasteiger charge is -2.19. The molecule has 0 aliphatic rings. The minimum Gasteiger partial charge on any atom is -0.481 e. The third-order valence-corrected chi connectivity index (χ3v) is 2.62. The molecule has 0 aromatic carbocycles. The van der Waals surface area contributed by atoms with Crippen molar-refractivity contribution < 1.29 is 14.7 Å². The van der Waals surface area contributed by atoms with Gasteiger partial charge in [0.15, 0.2) is 0 Å². The van der Waals surface area contributed by atoms with Crippen LogP contribution in [0.2, 0.25) is 0 Å². The highest BCUT2D eigenvalue weighted by molar-refractivity contribution is 5.75. The second-order valence-corrected chi connectivity index (χ2v) is 4.41. The van der Waals surface area contributed by atoms with Gasteiger partial charge in [-0.05, 0) is 6.42 Å². The standard InChI is InChI=1S/C12H24N2O3/c1-4-5-6-7-8-13-12(17)14(3)9-10(2)11(15)16/h10H,4-9H2,1-3H3,(H,13,17)(H,15,16). The van der Waals surface area contributed by atoms with Gasteiger partial charge in [-0.25, -0.2) is 4.79 Å². The lowest BCUT2D eigenvalue weighted by atomic mass is 10.2. The van der Waals surface area contributed by atoms with Gasteiger partial charge in [0.1, 0.15) is 0 Å². The first-order chi connectivity index (χ1) is 7.99. The molecule has 1 atom stereocenters. The van der Waals surface area contributed by atoms with Gasteiger partial charge in [-0.1, -0.05) is 33.1 Å². The first kappa shape index (κ1) is 15.7. The Kier molecular flexibility index (Phi) is 8.19. The van der Waals surface area contributed by atoms with Crippen molar-refractivity contribution in [3.05, 3.63) is 0 Å². The maximum atomic E-state index is 11.6. The Hall–Kier alpha value is -1.26. The summed E-state index contributed by atoms with van der Waals surface area (Å²) in [6, 6.07) is -0.199. The molecule has 0 fully saturated rings. The van der Waals surface area contributed by atoms with Gasteiger partial charge in [-0.3, -0.25) is 4.79 Å². The van der Waals surface area contributed by atoms with Crippen molar-refractivity contribution in [1.82, 2.24) is 10.2 Å². The Morgan fingerprint density at radius 1 is 1.29 bits per heavy atom. The monoisotopic (exact) mass is 244 g/mol. The highest BCUT2D eigenvalue weighted by atomic mass is 16.4. The van der Waals surface area contributed by atoms with Crippen LogP contribution >= 0.6 is 0 Å². The molecule has 1 unspecified atom stereocenters. The number of hydrogen-bond acceptors (Lipinski definition) is 2. The first-order valence-corrected chi connectivity index (χ1v) is 6.20. The number of hydrogen-bond donors (Lipinski definition) is 2. The van der Waals surface area contributed by atoms with Gasteiger partial charge in [0.05, 0.1) is 5.92 Å². The molecule has 0 aromatic heterocycles. The minimum absolute atomic E-state index is 0.199. The van der Waals surface area contributed by atoms with Gasteiger partial charge in [0.25, 0.3) is 0 Å². The number of nitrogens with one attached hydrogen (secondary N) is 1. The molecule has 0 saturated carbocycles. The molecule has 5 nitrogen and oxygen atoms in total. The van der Waals surface area contributed by atoms with E-state index in [4.69, 9.17) is 5.11 Å². The molecule has 0 radical (unpaired) electrons. The summed E-state index contributed by atoms with van der Waals surface area (Å²) in [5, 5.41) is 11.5.